The normalized spacial score (nSPS) is 18.4. The molecule has 1 aromatic carbocycles. The Morgan fingerprint density at radius 3 is 2.41 bits per heavy atom. The lowest BCUT2D eigenvalue weighted by molar-refractivity contribution is 0.578. The molecule has 0 spiro atoms. The summed E-state index contributed by atoms with van der Waals surface area (Å²) in [6.07, 6.45) is 3.71. The molecule has 0 bridgehead atoms. The maximum absolute atomic E-state index is 12.0. The zero-order chi connectivity index (χ0) is 23.5. The second-order valence-corrected chi connectivity index (χ2v) is 12.2. The van der Waals surface area contributed by atoms with Gasteiger partial charge in [0.25, 0.3) is 0 Å². The molecule has 2 fully saturated rings. The summed E-state index contributed by atoms with van der Waals surface area (Å²) in [6.45, 7) is 7.18. The van der Waals surface area contributed by atoms with Crippen molar-refractivity contribution in [1.82, 2.24) is 25.3 Å². The lowest BCUT2D eigenvalue weighted by Crippen LogP contribution is -2.45. The minimum Gasteiger partial charge on any atom is -0.616 e. The van der Waals surface area contributed by atoms with Gasteiger partial charge in [-0.3, -0.25) is 0 Å². The molecule has 1 atom stereocenters. The van der Waals surface area contributed by atoms with Crippen molar-refractivity contribution in [2.45, 2.75) is 22.1 Å². The van der Waals surface area contributed by atoms with Crippen LogP contribution in [0.4, 0.5) is 11.8 Å². The molecule has 2 aromatic heterocycles. The van der Waals surface area contributed by atoms with E-state index < -0.39 is 11.2 Å². The topological polar surface area (TPSA) is 93.1 Å². The summed E-state index contributed by atoms with van der Waals surface area (Å²) in [5.41, 5.74) is 2.82. The molecule has 5 rings (SSSR count). The van der Waals surface area contributed by atoms with Crippen molar-refractivity contribution >= 4 is 57.5 Å². The van der Waals surface area contributed by atoms with Crippen LogP contribution < -0.4 is 15.1 Å². The molecule has 2 aliphatic rings. The predicted octanol–water partition coefficient (Wildman–Crippen LogP) is 2.97. The maximum Gasteiger partial charge on any atom is 0.228 e. The third-order valence-electron chi connectivity index (χ3n) is 6.17. The first-order valence-electron chi connectivity index (χ1n) is 11.5. The molecule has 1 unspecified atom stereocenters. The summed E-state index contributed by atoms with van der Waals surface area (Å²) in [4.78, 5) is 25.0. The molecular weight excluding hydrogens is 487 g/mol. The van der Waals surface area contributed by atoms with Crippen LogP contribution in [0.1, 0.15) is 17.7 Å². The minimum absolute atomic E-state index is 0.215. The minimum atomic E-state index is -0.756. The zero-order valence-corrected chi connectivity index (χ0v) is 21.9. The van der Waals surface area contributed by atoms with Crippen molar-refractivity contribution in [3.8, 4) is 0 Å². The number of hydrogen-bond acceptors (Lipinski definition) is 10. The van der Waals surface area contributed by atoms with Crippen LogP contribution in [0.3, 0.4) is 0 Å². The predicted molar refractivity (Wildman–Crippen MR) is 143 cm³/mol. The van der Waals surface area contributed by atoms with E-state index in [4.69, 9.17) is 9.97 Å². The molecule has 1 N–H and O–H groups in total. The molecule has 2 saturated heterocycles. The van der Waals surface area contributed by atoms with E-state index in [-0.39, 0.29) is 5.25 Å². The molecule has 4 heterocycles. The number of nitrogens with zero attached hydrogens (tertiary/aromatic N) is 6. The first-order chi connectivity index (χ1) is 16.6. The van der Waals surface area contributed by atoms with Crippen molar-refractivity contribution in [2.75, 3.05) is 66.8 Å². The van der Waals surface area contributed by atoms with Gasteiger partial charge in [-0.05, 0) is 30.9 Å². The van der Waals surface area contributed by atoms with Gasteiger partial charge >= 0.3 is 0 Å². The van der Waals surface area contributed by atoms with Crippen LogP contribution in [0.5, 0.6) is 0 Å². The Balaban J connectivity index is 1.53. The highest BCUT2D eigenvalue weighted by atomic mass is 32.2. The number of fused-ring (bicyclic) bond motifs is 1. The number of hydrogen-bond donors (Lipinski definition) is 1. The number of aromatic nitrogens is 4. The fourth-order valence-electron chi connectivity index (χ4n) is 4.17. The van der Waals surface area contributed by atoms with Gasteiger partial charge in [-0.25, -0.2) is 15.0 Å². The highest BCUT2D eigenvalue weighted by Crippen LogP contribution is 2.38. The van der Waals surface area contributed by atoms with Gasteiger partial charge < -0.3 is 19.7 Å². The standard InChI is InChI=1S/C23H29N7OS3/c1-16(17-3-5-18(32-2)6-4-17)33-22-20-19(25-15-26-22)21(29-11-13-34(31)14-12-29)28-23(27-20)30-9-7-24-8-10-30/h3-6,15-16,24H,7-14H2,1-2H3. The molecule has 11 heteroatoms. The smallest absolute Gasteiger partial charge is 0.228 e. The Morgan fingerprint density at radius 1 is 0.971 bits per heavy atom. The van der Waals surface area contributed by atoms with Crippen LogP contribution in [0.25, 0.3) is 11.0 Å². The van der Waals surface area contributed by atoms with Gasteiger partial charge in [0, 0.05) is 36.3 Å². The lowest BCUT2D eigenvalue weighted by Gasteiger charge is -2.32. The monoisotopic (exact) mass is 515 g/mol. The van der Waals surface area contributed by atoms with E-state index in [1.807, 2.05) is 0 Å². The molecule has 0 amide bonds. The molecule has 2 aliphatic heterocycles. The maximum atomic E-state index is 12.0. The molecule has 0 aliphatic carbocycles. The van der Waals surface area contributed by atoms with Crippen molar-refractivity contribution in [2.24, 2.45) is 0 Å². The fourth-order valence-corrected chi connectivity index (χ4v) is 6.62. The Morgan fingerprint density at radius 2 is 1.71 bits per heavy atom. The number of thioether (sulfide) groups is 2. The van der Waals surface area contributed by atoms with Gasteiger partial charge in [0.2, 0.25) is 5.95 Å². The summed E-state index contributed by atoms with van der Waals surface area (Å²) >= 11 is 2.70. The summed E-state index contributed by atoms with van der Waals surface area (Å²) < 4.78 is 12.0. The molecule has 8 nitrogen and oxygen atoms in total. The average Bonchev–Trinajstić information content (AvgIpc) is 2.89. The van der Waals surface area contributed by atoms with Crippen LogP contribution in [0, 0.1) is 0 Å². The second-order valence-electron chi connectivity index (χ2n) is 8.33. The van der Waals surface area contributed by atoms with Crippen molar-refractivity contribution in [3.63, 3.8) is 0 Å². The van der Waals surface area contributed by atoms with Crippen LogP contribution in [0.2, 0.25) is 0 Å². The molecule has 0 radical (unpaired) electrons. The largest absolute Gasteiger partial charge is 0.616 e. The molecule has 34 heavy (non-hydrogen) atoms. The van der Waals surface area contributed by atoms with Gasteiger partial charge in [-0.2, -0.15) is 4.98 Å². The van der Waals surface area contributed by atoms with E-state index in [1.165, 1.54) is 10.5 Å². The van der Waals surface area contributed by atoms with Crippen LogP contribution in [-0.2, 0) is 11.2 Å². The third-order valence-corrected chi connectivity index (χ3v) is 9.34. The first-order valence-corrected chi connectivity index (χ1v) is 15.1. The van der Waals surface area contributed by atoms with Crippen molar-refractivity contribution < 1.29 is 4.55 Å². The average molecular weight is 516 g/mol. The van der Waals surface area contributed by atoms with E-state index >= 15 is 0 Å². The number of anilines is 2. The van der Waals surface area contributed by atoms with Crippen LogP contribution >= 0.6 is 23.5 Å². The SMILES string of the molecule is CSc1ccc(C(C)Sc2ncnc3c(N4CC[S+]([O-])CC4)nc(N4CCNCC4)nc23)cc1. The van der Waals surface area contributed by atoms with E-state index in [2.05, 4.69) is 62.5 Å². The summed E-state index contributed by atoms with van der Waals surface area (Å²) in [7, 11) is 0. The van der Waals surface area contributed by atoms with Gasteiger partial charge in [0.1, 0.15) is 33.9 Å². The highest BCUT2D eigenvalue weighted by Gasteiger charge is 2.26. The van der Waals surface area contributed by atoms with E-state index in [0.29, 0.717) is 24.6 Å². The van der Waals surface area contributed by atoms with Crippen molar-refractivity contribution in [3.05, 3.63) is 36.2 Å². The van der Waals surface area contributed by atoms with E-state index in [9.17, 15) is 4.55 Å². The van der Waals surface area contributed by atoms with Gasteiger partial charge in [-0.15, -0.1) is 11.8 Å². The molecular formula is C23H29N7OS3. The Hall–Kier alpha value is -1.79. The summed E-state index contributed by atoms with van der Waals surface area (Å²) in [6, 6.07) is 8.71. The first kappa shape index (κ1) is 23.9. The Kier molecular flexibility index (Phi) is 7.64. The Labute approximate surface area is 211 Å². The van der Waals surface area contributed by atoms with E-state index in [0.717, 1.165) is 54.0 Å². The zero-order valence-electron chi connectivity index (χ0n) is 19.4. The summed E-state index contributed by atoms with van der Waals surface area (Å²) in [5.74, 6) is 2.87. The number of rotatable bonds is 6. The second kappa shape index (κ2) is 10.9. The Bertz CT molecular complexity index is 1120. The highest BCUT2D eigenvalue weighted by molar-refractivity contribution is 7.99. The molecule has 3 aromatic rings. The van der Waals surface area contributed by atoms with Crippen LogP contribution in [-0.4, -0.2) is 81.5 Å². The number of piperazine rings is 1. The van der Waals surface area contributed by atoms with E-state index in [1.54, 1.807) is 29.9 Å². The lowest BCUT2D eigenvalue weighted by atomic mass is 10.2. The van der Waals surface area contributed by atoms with Crippen LogP contribution in [0.15, 0.2) is 40.5 Å². The molecule has 0 saturated carbocycles. The number of benzene rings is 1. The molecule has 180 valence electrons. The van der Waals surface area contributed by atoms with Gasteiger partial charge in [0.15, 0.2) is 5.82 Å². The fraction of sp³-hybridized carbons (Fsp3) is 0.478. The summed E-state index contributed by atoms with van der Waals surface area (Å²) in [5, 5.41) is 4.48. The quantitative estimate of drug-likeness (QED) is 0.300. The van der Waals surface area contributed by atoms with Gasteiger partial charge in [-0.1, -0.05) is 35.1 Å². The number of nitrogens with one attached hydrogen (secondary N) is 1. The van der Waals surface area contributed by atoms with Gasteiger partial charge in [0.05, 0.1) is 13.1 Å². The van der Waals surface area contributed by atoms with Crippen molar-refractivity contribution in [1.29, 1.82) is 0 Å². The third kappa shape index (κ3) is 5.23.